The highest BCUT2D eigenvalue weighted by molar-refractivity contribution is 5.82. The highest BCUT2D eigenvalue weighted by atomic mass is 16.4. The lowest BCUT2D eigenvalue weighted by Crippen LogP contribution is -2.89. The monoisotopic (exact) mass is 292 g/mol. The third kappa shape index (κ3) is 3.43. The van der Waals surface area contributed by atoms with Crippen LogP contribution in [0.25, 0.3) is 11.0 Å². The summed E-state index contributed by atoms with van der Waals surface area (Å²) < 4.78 is 5.16. The van der Waals surface area contributed by atoms with Gasteiger partial charge < -0.3 is 19.9 Å². The number of phenolic OH excluding ortho intramolecular Hbond substituents is 1. The van der Waals surface area contributed by atoms with Crippen LogP contribution in [0, 0.1) is 0 Å². The van der Waals surface area contributed by atoms with Crippen LogP contribution >= 0.6 is 0 Å². The molecule has 1 aromatic carbocycles. The fourth-order valence-corrected chi connectivity index (χ4v) is 2.42. The summed E-state index contributed by atoms with van der Waals surface area (Å²) in [4.78, 5) is 11.6. The summed E-state index contributed by atoms with van der Waals surface area (Å²) in [6.45, 7) is 4.68. The second-order valence-electron chi connectivity index (χ2n) is 5.21. The lowest BCUT2D eigenvalue weighted by molar-refractivity contribution is -0.706. The van der Waals surface area contributed by atoms with Gasteiger partial charge in [0.1, 0.15) is 23.9 Å². The molecule has 0 spiro atoms. The van der Waals surface area contributed by atoms with Crippen LogP contribution in [0.5, 0.6) is 5.75 Å². The van der Waals surface area contributed by atoms with Gasteiger partial charge in [-0.25, -0.2) is 4.79 Å². The van der Waals surface area contributed by atoms with Crippen molar-refractivity contribution in [3.05, 3.63) is 39.7 Å². The van der Waals surface area contributed by atoms with Gasteiger partial charge in [-0.05, 0) is 24.5 Å². The third-order valence-corrected chi connectivity index (χ3v) is 3.84. The van der Waals surface area contributed by atoms with E-state index in [9.17, 15) is 15.0 Å². The van der Waals surface area contributed by atoms with E-state index in [1.807, 2.05) is 25.2 Å². The lowest BCUT2D eigenvalue weighted by atomic mass is 10.0. The highest BCUT2D eigenvalue weighted by Crippen LogP contribution is 2.26. The summed E-state index contributed by atoms with van der Waals surface area (Å²) in [5, 5.41) is 22.0. The molecule has 0 fully saturated rings. The van der Waals surface area contributed by atoms with E-state index >= 15 is 0 Å². The number of hydrogen-bond donors (Lipinski definition) is 3. The Balaban J connectivity index is 2.44. The summed E-state index contributed by atoms with van der Waals surface area (Å²) in [6, 6.07) is 4.98. The molecule has 2 aromatic rings. The maximum absolute atomic E-state index is 11.6. The van der Waals surface area contributed by atoms with Crippen molar-refractivity contribution in [3.8, 4) is 5.75 Å². The zero-order valence-corrected chi connectivity index (χ0v) is 12.4. The van der Waals surface area contributed by atoms with Gasteiger partial charge in [0, 0.05) is 23.1 Å². The number of aromatic hydroxyl groups is 1. The fourth-order valence-electron chi connectivity index (χ4n) is 2.42. The minimum Gasteiger partial charge on any atom is -0.508 e. The molecule has 0 saturated heterocycles. The van der Waals surface area contributed by atoms with Gasteiger partial charge in [0.15, 0.2) is 0 Å². The molecule has 0 radical (unpaired) electrons. The molecular formula is C16H22NO4+. The van der Waals surface area contributed by atoms with Crippen molar-refractivity contribution >= 4 is 11.0 Å². The van der Waals surface area contributed by atoms with Crippen LogP contribution in [0.1, 0.15) is 31.4 Å². The topological polar surface area (TPSA) is 87.3 Å². The average molecular weight is 292 g/mol. The Morgan fingerprint density at radius 3 is 2.62 bits per heavy atom. The van der Waals surface area contributed by atoms with E-state index in [2.05, 4.69) is 0 Å². The van der Waals surface area contributed by atoms with Gasteiger partial charge in [-0.2, -0.15) is 0 Å². The number of nitrogens with two attached hydrogens (primary N) is 1. The number of phenols is 1. The van der Waals surface area contributed by atoms with E-state index in [1.54, 1.807) is 0 Å². The molecule has 0 saturated carbocycles. The Morgan fingerprint density at radius 1 is 1.24 bits per heavy atom. The largest absolute Gasteiger partial charge is 0.508 e. The number of quaternary nitrogens is 1. The molecule has 0 aliphatic carbocycles. The molecule has 2 rings (SSSR count). The van der Waals surface area contributed by atoms with Crippen LogP contribution in [-0.2, 0) is 13.0 Å². The second-order valence-corrected chi connectivity index (χ2v) is 5.21. The number of aryl methyl sites for hydroxylation is 1. The zero-order valence-electron chi connectivity index (χ0n) is 12.4. The molecule has 1 atom stereocenters. The first kappa shape index (κ1) is 15.5. The summed E-state index contributed by atoms with van der Waals surface area (Å²) in [6.07, 6.45) is 1.56. The molecular weight excluding hydrogens is 270 g/mol. The smallest absolute Gasteiger partial charge is 0.336 e. The Morgan fingerprint density at radius 2 is 2.00 bits per heavy atom. The van der Waals surface area contributed by atoms with Crippen molar-refractivity contribution in [3.63, 3.8) is 0 Å². The predicted molar refractivity (Wildman–Crippen MR) is 80.3 cm³/mol. The van der Waals surface area contributed by atoms with E-state index in [4.69, 9.17) is 4.42 Å². The molecule has 0 aliphatic heterocycles. The zero-order chi connectivity index (χ0) is 15.4. The van der Waals surface area contributed by atoms with Crippen molar-refractivity contribution in [1.82, 2.24) is 0 Å². The predicted octanol–water partition coefficient (Wildman–Crippen LogP) is 0.895. The van der Waals surface area contributed by atoms with Crippen LogP contribution in [0.3, 0.4) is 0 Å². The number of aliphatic hydroxyl groups excluding tert-OH is 1. The first-order valence-electron chi connectivity index (χ1n) is 7.31. The number of aliphatic hydroxyl groups is 1. The van der Waals surface area contributed by atoms with Crippen LogP contribution in [-0.4, -0.2) is 22.9 Å². The van der Waals surface area contributed by atoms with E-state index in [0.29, 0.717) is 18.5 Å². The van der Waals surface area contributed by atoms with Crippen molar-refractivity contribution < 1.29 is 19.9 Å². The maximum Gasteiger partial charge on any atom is 0.336 e. The molecule has 1 heterocycles. The summed E-state index contributed by atoms with van der Waals surface area (Å²) in [7, 11) is 0. The van der Waals surface area contributed by atoms with Gasteiger partial charge >= 0.3 is 5.63 Å². The fraction of sp³-hybridized carbons (Fsp3) is 0.438. The van der Waals surface area contributed by atoms with Gasteiger partial charge in [-0.1, -0.05) is 13.8 Å². The standard InChI is InChI=1S/C16H21NO4/c1-3-10-5-13-11(8-17-12(4-2)9-18)6-16(20)21-15(13)7-14(10)19/h5-7,12,17-19H,3-4,8-9H2,1-2H3/p+1/t12-/m1/s1. The Labute approximate surface area is 123 Å². The quantitative estimate of drug-likeness (QED) is 0.690. The summed E-state index contributed by atoms with van der Waals surface area (Å²) in [5.74, 6) is 0.149. The van der Waals surface area contributed by atoms with Crippen molar-refractivity contribution in [2.24, 2.45) is 0 Å². The first-order chi connectivity index (χ1) is 10.1. The molecule has 1 aromatic heterocycles. The molecule has 4 N–H and O–H groups in total. The normalized spacial score (nSPS) is 12.7. The molecule has 5 heteroatoms. The van der Waals surface area contributed by atoms with Gasteiger partial charge in [0.2, 0.25) is 0 Å². The molecule has 0 bridgehead atoms. The van der Waals surface area contributed by atoms with Gasteiger partial charge in [-0.15, -0.1) is 0 Å². The maximum atomic E-state index is 11.6. The number of fused-ring (bicyclic) bond motifs is 1. The van der Waals surface area contributed by atoms with E-state index in [-0.39, 0.29) is 18.4 Å². The summed E-state index contributed by atoms with van der Waals surface area (Å²) >= 11 is 0. The minimum absolute atomic E-state index is 0.108. The van der Waals surface area contributed by atoms with Crippen molar-refractivity contribution in [2.75, 3.05) is 6.61 Å². The molecule has 0 amide bonds. The lowest BCUT2D eigenvalue weighted by Gasteiger charge is -2.12. The van der Waals surface area contributed by atoms with E-state index < -0.39 is 5.63 Å². The Kier molecular flexibility index (Phi) is 4.98. The van der Waals surface area contributed by atoms with Crippen LogP contribution in [0.2, 0.25) is 0 Å². The Hall–Kier alpha value is -1.85. The van der Waals surface area contributed by atoms with Gasteiger partial charge in [0.05, 0.1) is 6.61 Å². The molecule has 5 nitrogen and oxygen atoms in total. The molecule has 0 unspecified atom stereocenters. The van der Waals surface area contributed by atoms with Gasteiger partial charge in [0.25, 0.3) is 0 Å². The number of hydrogen-bond acceptors (Lipinski definition) is 4. The van der Waals surface area contributed by atoms with Crippen LogP contribution < -0.4 is 10.9 Å². The molecule has 21 heavy (non-hydrogen) atoms. The SMILES string of the molecule is CCc1cc2c(C[NH2+][C@H](CC)CO)cc(=O)oc2cc1O. The summed E-state index contributed by atoms with van der Waals surface area (Å²) in [5.41, 5.74) is 1.67. The third-order valence-electron chi connectivity index (χ3n) is 3.84. The van der Waals surface area contributed by atoms with Crippen molar-refractivity contribution in [2.45, 2.75) is 39.3 Å². The first-order valence-corrected chi connectivity index (χ1v) is 7.31. The molecule has 0 aliphatic rings. The highest BCUT2D eigenvalue weighted by Gasteiger charge is 2.13. The number of rotatable bonds is 6. The molecule has 114 valence electrons. The van der Waals surface area contributed by atoms with E-state index in [1.165, 1.54) is 12.1 Å². The number of benzene rings is 1. The Bertz CT molecular complexity index is 674. The van der Waals surface area contributed by atoms with Crippen LogP contribution in [0.4, 0.5) is 0 Å². The van der Waals surface area contributed by atoms with Gasteiger partial charge in [-0.3, -0.25) is 0 Å². The van der Waals surface area contributed by atoms with Crippen LogP contribution in [0.15, 0.2) is 27.4 Å². The second kappa shape index (κ2) is 6.74. The average Bonchev–Trinajstić information content (AvgIpc) is 2.47. The van der Waals surface area contributed by atoms with Crippen molar-refractivity contribution in [1.29, 1.82) is 0 Å². The van der Waals surface area contributed by atoms with E-state index in [0.717, 1.165) is 22.9 Å². The minimum atomic E-state index is -0.424.